The van der Waals surface area contributed by atoms with E-state index in [9.17, 15) is 39.3 Å². The minimum absolute atomic E-state index is 0.0476. The Labute approximate surface area is 364 Å². The smallest absolute Gasteiger partial charge is 0.326 e. The Bertz CT molecular complexity index is 2330. The number of aliphatic hydroxyl groups is 1. The Morgan fingerprint density at radius 1 is 0.984 bits per heavy atom. The van der Waals surface area contributed by atoms with Crippen molar-refractivity contribution in [1.29, 1.82) is 0 Å². The molecule has 19 heteroatoms. The van der Waals surface area contributed by atoms with Gasteiger partial charge >= 0.3 is 5.97 Å². The molecule has 4 aromatic rings. The number of amides is 4. The van der Waals surface area contributed by atoms with Crippen LogP contribution in [0.2, 0.25) is 0 Å². The number of hydrogen-bond donors (Lipinski definition) is 9. The molecule has 1 aliphatic heterocycles. The summed E-state index contributed by atoms with van der Waals surface area (Å²) < 4.78 is 11.9. The standard InChI is InChI=1S/C44H55N9O10/c1-23-40(57)51-32(43(60)61)16-24-7-12-33(62-14-6-13-45)29(15-24)30-17-26(18-34(37(30)56)63-22-28(54)19-46)36(42(59)50-23)53(5)35(55)21-49-41(58)31-20-48-39(52-38(31)47)25-8-10-27(11-9-25)44(2,3)4/h7-12,15,17-18,20,23,28,32,36,54,56H,6,13-14,16,19,21-22,45-46H2,1-5H3,(H,49,58)(H,50,59)(H,51,57)(H,60,61)(H2,47,48,52)/t23-,28+,32-,36-/m0/s1. The van der Waals surface area contributed by atoms with Crippen LogP contribution in [0.15, 0.2) is 60.8 Å². The largest absolute Gasteiger partial charge is 0.504 e. The van der Waals surface area contributed by atoms with Crippen LogP contribution in [0, 0.1) is 0 Å². The minimum Gasteiger partial charge on any atom is -0.504 e. The van der Waals surface area contributed by atoms with Gasteiger partial charge in [-0.3, -0.25) is 19.2 Å². The zero-order valence-electron chi connectivity index (χ0n) is 35.8. The van der Waals surface area contributed by atoms with Crippen LogP contribution in [-0.2, 0) is 31.0 Å². The van der Waals surface area contributed by atoms with Crippen LogP contribution in [0.3, 0.4) is 0 Å². The third-order valence-corrected chi connectivity index (χ3v) is 10.4. The summed E-state index contributed by atoms with van der Waals surface area (Å²) in [6, 6.07) is 10.8. The molecule has 0 aliphatic carbocycles. The van der Waals surface area contributed by atoms with Crippen LogP contribution in [0.4, 0.5) is 5.82 Å². The highest BCUT2D eigenvalue weighted by atomic mass is 16.5. The summed E-state index contributed by atoms with van der Waals surface area (Å²) in [7, 11) is 1.29. The number of carboxylic acids is 1. The molecule has 1 aliphatic rings. The van der Waals surface area contributed by atoms with Crippen molar-refractivity contribution in [3.8, 4) is 39.8 Å². The summed E-state index contributed by atoms with van der Waals surface area (Å²) in [5, 5.41) is 39.6. The van der Waals surface area contributed by atoms with Crippen molar-refractivity contribution >= 4 is 35.4 Å². The molecule has 0 radical (unpaired) electrons. The van der Waals surface area contributed by atoms with Gasteiger partial charge in [0.05, 0.1) is 18.7 Å². The monoisotopic (exact) mass is 869 g/mol. The van der Waals surface area contributed by atoms with Crippen molar-refractivity contribution < 1.29 is 48.8 Å². The number of nitrogens with one attached hydrogen (secondary N) is 3. The SMILES string of the molecule is C[C@@H]1NC(=O)[C@@H](N(C)C(=O)CNC(=O)c2cnc(-c3ccc(C(C)(C)C)cc3)nc2N)c2cc(OC[C@H](O)CN)c(O)c(c2)-c2cc(ccc2OCCCN)C[C@@H](C(=O)O)NC1=O. The molecule has 0 saturated heterocycles. The second kappa shape index (κ2) is 20.4. The van der Waals surface area contributed by atoms with Gasteiger partial charge in [-0.1, -0.05) is 51.1 Å². The molecule has 5 rings (SSSR count). The first kappa shape index (κ1) is 47.2. The zero-order chi connectivity index (χ0) is 46.2. The second-order valence-corrected chi connectivity index (χ2v) is 16.2. The van der Waals surface area contributed by atoms with Gasteiger partial charge in [0.15, 0.2) is 17.3 Å². The Morgan fingerprint density at radius 2 is 1.70 bits per heavy atom. The third kappa shape index (κ3) is 11.6. The Hall–Kier alpha value is -6.83. The van der Waals surface area contributed by atoms with Gasteiger partial charge in [-0.25, -0.2) is 14.8 Å². The van der Waals surface area contributed by atoms with Gasteiger partial charge in [-0.2, -0.15) is 0 Å². The molecule has 2 heterocycles. The topological polar surface area (TPSA) is 308 Å². The lowest BCUT2D eigenvalue weighted by atomic mass is 9.87. The first-order valence-electron chi connectivity index (χ1n) is 20.3. The maximum Gasteiger partial charge on any atom is 0.326 e. The van der Waals surface area contributed by atoms with Gasteiger partial charge in [0, 0.05) is 42.9 Å². The van der Waals surface area contributed by atoms with Gasteiger partial charge < -0.3 is 62.8 Å². The Balaban J connectivity index is 1.53. The molecule has 63 heavy (non-hydrogen) atoms. The first-order chi connectivity index (χ1) is 29.8. The van der Waals surface area contributed by atoms with Gasteiger partial charge in [-0.15, -0.1) is 0 Å². The number of nitrogen functional groups attached to an aromatic ring is 1. The number of ether oxygens (including phenoxy) is 2. The number of anilines is 1. The number of likely N-dealkylation sites (N-methyl/N-ethyl adjacent to an activating group) is 1. The number of aliphatic carboxylic acids is 1. The fourth-order valence-electron chi connectivity index (χ4n) is 6.65. The summed E-state index contributed by atoms with van der Waals surface area (Å²) in [6.45, 7) is 6.89. The van der Waals surface area contributed by atoms with Gasteiger partial charge in [0.1, 0.15) is 42.4 Å². The van der Waals surface area contributed by atoms with Crippen molar-refractivity contribution in [3.05, 3.63) is 83.0 Å². The molecule has 4 atom stereocenters. The minimum atomic E-state index is -1.58. The number of aromatic nitrogens is 2. The molecule has 0 spiro atoms. The number of carbonyl (C=O) groups is 5. The normalized spacial score (nSPS) is 17.0. The zero-order valence-corrected chi connectivity index (χ0v) is 35.8. The van der Waals surface area contributed by atoms with Gasteiger partial charge in [0.2, 0.25) is 17.7 Å². The number of rotatable bonds is 14. The Morgan fingerprint density at radius 3 is 2.33 bits per heavy atom. The lowest BCUT2D eigenvalue weighted by Gasteiger charge is -2.30. The van der Waals surface area contributed by atoms with Crippen LogP contribution in [0.1, 0.15) is 67.2 Å². The predicted molar refractivity (Wildman–Crippen MR) is 233 cm³/mol. The number of hydrogen-bond acceptors (Lipinski definition) is 14. The molecule has 0 fully saturated rings. The third-order valence-electron chi connectivity index (χ3n) is 10.4. The van der Waals surface area contributed by atoms with Crippen molar-refractivity contribution in [3.63, 3.8) is 0 Å². The number of nitrogens with zero attached hydrogens (tertiary/aromatic N) is 3. The van der Waals surface area contributed by atoms with E-state index < -0.39 is 66.1 Å². The number of benzene rings is 3. The summed E-state index contributed by atoms with van der Waals surface area (Å²) in [4.78, 5) is 77.1. The fourth-order valence-corrected chi connectivity index (χ4v) is 6.65. The molecular formula is C44H55N9O10. The van der Waals surface area contributed by atoms with Crippen molar-refractivity contribution in [2.45, 2.75) is 70.2 Å². The maximum atomic E-state index is 14.3. The molecule has 12 N–H and O–H groups in total. The van der Waals surface area contributed by atoms with E-state index in [1.165, 1.54) is 32.3 Å². The number of phenols is 1. The van der Waals surface area contributed by atoms with Crippen LogP contribution < -0.4 is 42.6 Å². The molecule has 19 nitrogen and oxygen atoms in total. The molecule has 4 amide bonds. The lowest BCUT2D eigenvalue weighted by molar-refractivity contribution is -0.142. The highest BCUT2D eigenvalue weighted by Gasteiger charge is 2.34. The molecule has 3 aromatic carbocycles. The molecule has 4 bridgehead atoms. The summed E-state index contributed by atoms with van der Waals surface area (Å²) >= 11 is 0. The number of aromatic hydroxyl groups is 1. The van der Waals surface area contributed by atoms with Crippen LogP contribution >= 0.6 is 0 Å². The summed E-state index contributed by atoms with van der Waals surface area (Å²) in [5.41, 5.74) is 19.9. The summed E-state index contributed by atoms with van der Waals surface area (Å²) in [5.74, 6) is -4.90. The molecule has 0 saturated carbocycles. The van der Waals surface area contributed by atoms with E-state index in [4.69, 9.17) is 26.7 Å². The van der Waals surface area contributed by atoms with E-state index in [0.717, 1.165) is 10.5 Å². The summed E-state index contributed by atoms with van der Waals surface area (Å²) in [6.07, 6.45) is 0.369. The second-order valence-electron chi connectivity index (χ2n) is 16.2. The van der Waals surface area contributed by atoms with Crippen LogP contribution in [0.25, 0.3) is 22.5 Å². The number of phenolic OH excluding ortho intramolecular Hbond substituents is 1. The highest BCUT2D eigenvalue weighted by molar-refractivity contribution is 6.00. The quantitative estimate of drug-likeness (QED) is 0.0809. The van der Waals surface area contributed by atoms with E-state index in [1.807, 2.05) is 24.3 Å². The van der Waals surface area contributed by atoms with E-state index in [1.54, 1.807) is 18.2 Å². The molecule has 336 valence electrons. The van der Waals surface area contributed by atoms with Gasteiger partial charge in [0.25, 0.3) is 5.91 Å². The first-order valence-corrected chi connectivity index (χ1v) is 20.3. The number of aliphatic hydroxyl groups excluding tert-OH is 1. The van der Waals surface area contributed by atoms with Crippen molar-refractivity contribution in [2.75, 3.05) is 45.6 Å². The number of nitrogens with two attached hydrogens (primary N) is 3. The number of fused-ring (bicyclic) bond motifs is 5. The lowest BCUT2D eigenvalue weighted by Crippen LogP contribution is -2.53. The molecule has 0 unspecified atom stereocenters. The average Bonchev–Trinajstić information content (AvgIpc) is 3.24. The fraction of sp³-hybridized carbons (Fsp3) is 0.386. The molecule has 1 aromatic heterocycles. The Kier molecular flexibility index (Phi) is 15.3. The van der Waals surface area contributed by atoms with E-state index in [-0.39, 0.29) is 77.0 Å². The van der Waals surface area contributed by atoms with Crippen molar-refractivity contribution in [2.24, 2.45) is 11.5 Å². The average molecular weight is 870 g/mol. The molecular weight excluding hydrogens is 815 g/mol. The van der Waals surface area contributed by atoms with E-state index >= 15 is 0 Å². The maximum absolute atomic E-state index is 14.3. The van der Waals surface area contributed by atoms with Crippen LogP contribution in [0.5, 0.6) is 17.2 Å². The number of carboxylic acid groups (broad SMARTS) is 1. The van der Waals surface area contributed by atoms with E-state index in [0.29, 0.717) is 24.1 Å². The van der Waals surface area contributed by atoms with E-state index in [2.05, 4.69) is 46.7 Å². The number of carbonyl (C=O) groups excluding carboxylic acids is 4. The van der Waals surface area contributed by atoms with Gasteiger partial charge in [-0.05, 0) is 66.3 Å². The van der Waals surface area contributed by atoms with Crippen LogP contribution in [-0.4, -0.2) is 118 Å². The highest BCUT2D eigenvalue weighted by Crippen LogP contribution is 2.44. The van der Waals surface area contributed by atoms with Crippen molar-refractivity contribution in [1.82, 2.24) is 30.8 Å². The predicted octanol–water partition coefficient (Wildman–Crippen LogP) is 1.38.